The lowest BCUT2D eigenvalue weighted by molar-refractivity contribution is -0.131. The summed E-state index contributed by atoms with van der Waals surface area (Å²) in [5.41, 5.74) is 3.40. The van der Waals surface area contributed by atoms with Crippen molar-refractivity contribution in [3.8, 4) is 10.8 Å². The zero-order chi connectivity index (χ0) is 23.2. The maximum Gasteiger partial charge on any atom is 0.328 e. The molecule has 4 rings (SSSR count). The van der Waals surface area contributed by atoms with Crippen LogP contribution in [0.1, 0.15) is 40.5 Å². The number of aliphatic hydroxyl groups is 1. The molecule has 0 radical (unpaired) electrons. The first kappa shape index (κ1) is 23.5. The van der Waals surface area contributed by atoms with Crippen molar-refractivity contribution >= 4 is 35.0 Å². The Balaban J connectivity index is 1.39. The Morgan fingerprint density at radius 1 is 1.21 bits per heavy atom. The van der Waals surface area contributed by atoms with Gasteiger partial charge in [0.1, 0.15) is 5.75 Å². The van der Waals surface area contributed by atoms with E-state index in [0.717, 1.165) is 47.9 Å². The molecule has 1 aliphatic rings. The van der Waals surface area contributed by atoms with Crippen molar-refractivity contribution in [2.75, 3.05) is 6.54 Å². The number of ether oxygens (including phenoxy) is 1. The van der Waals surface area contributed by atoms with E-state index in [4.69, 9.17) is 21.4 Å². The van der Waals surface area contributed by atoms with Crippen molar-refractivity contribution in [2.45, 2.75) is 37.8 Å². The lowest BCUT2D eigenvalue weighted by Gasteiger charge is -2.20. The average Bonchev–Trinajstić information content (AvgIpc) is 3.13. The van der Waals surface area contributed by atoms with E-state index in [2.05, 4.69) is 17.4 Å². The number of aliphatic hydroxyl groups excluding tert-OH is 1. The number of thiophene rings is 1. The molecule has 1 aliphatic carbocycles. The van der Waals surface area contributed by atoms with Crippen molar-refractivity contribution in [1.82, 2.24) is 5.32 Å². The Morgan fingerprint density at radius 2 is 2.09 bits per heavy atom. The van der Waals surface area contributed by atoms with E-state index in [1.807, 2.05) is 30.3 Å². The second-order valence-electron chi connectivity index (χ2n) is 8.13. The molecule has 0 saturated heterocycles. The number of hydrogen-bond acceptors (Lipinski definition) is 5. The number of carbonyl (C=O) groups is 1. The summed E-state index contributed by atoms with van der Waals surface area (Å²) < 4.78 is 6.04. The summed E-state index contributed by atoms with van der Waals surface area (Å²) in [5, 5.41) is 24.2. The van der Waals surface area contributed by atoms with Crippen molar-refractivity contribution in [3.63, 3.8) is 0 Å². The maximum absolute atomic E-state index is 10.7. The van der Waals surface area contributed by atoms with Crippen molar-refractivity contribution in [1.29, 1.82) is 0 Å². The first-order valence-corrected chi connectivity index (χ1v) is 12.1. The van der Waals surface area contributed by atoms with E-state index >= 15 is 0 Å². The molecule has 5 nitrogen and oxygen atoms in total. The maximum atomic E-state index is 10.7. The highest BCUT2D eigenvalue weighted by molar-refractivity contribution is 7.14. The van der Waals surface area contributed by atoms with Crippen molar-refractivity contribution in [3.05, 3.63) is 87.3 Å². The third-order valence-corrected chi connectivity index (χ3v) is 6.85. The molecule has 0 spiro atoms. The number of aryl methyl sites for hydroxylation is 1. The van der Waals surface area contributed by atoms with Crippen LogP contribution in [0.3, 0.4) is 0 Å². The first-order chi connectivity index (χ1) is 16.0. The summed E-state index contributed by atoms with van der Waals surface area (Å²) in [6.07, 6.45) is 6.09. The predicted molar refractivity (Wildman–Crippen MR) is 132 cm³/mol. The summed E-state index contributed by atoms with van der Waals surface area (Å²) in [6.45, 7) is 0.471. The molecule has 0 saturated carbocycles. The van der Waals surface area contributed by atoms with Gasteiger partial charge < -0.3 is 20.3 Å². The van der Waals surface area contributed by atoms with Crippen LogP contribution in [0.4, 0.5) is 0 Å². The fourth-order valence-corrected chi connectivity index (χ4v) is 5.02. The molecule has 7 heteroatoms. The molecule has 172 valence electrons. The van der Waals surface area contributed by atoms with Gasteiger partial charge in [-0.1, -0.05) is 41.1 Å². The molecule has 0 bridgehead atoms. The molecule has 1 aromatic heterocycles. The number of rotatable bonds is 8. The summed E-state index contributed by atoms with van der Waals surface area (Å²) in [4.78, 5) is 11.5. The van der Waals surface area contributed by atoms with E-state index in [1.54, 1.807) is 18.2 Å². The van der Waals surface area contributed by atoms with Crippen LogP contribution < -0.4 is 10.1 Å². The number of fused-ring (bicyclic) bond motifs is 1. The molecule has 3 aromatic rings. The van der Waals surface area contributed by atoms with Gasteiger partial charge in [0.25, 0.3) is 0 Å². The Morgan fingerprint density at radius 3 is 2.91 bits per heavy atom. The number of carboxylic acids is 1. The van der Waals surface area contributed by atoms with Crippen LogP contribution in [0.25, 0.3) is 6.08 Å². The van der Waals surface area contributed by atoms with Crippen LogP contribution in [-0.2, 0) is 17.6 Å². The summed E-state index contributed by atoms with van der Waals surface area (Å²) in [6, 6.07) is 17.5. The molecular weight excluding hydrogens is 458 g/mol. The van der Waals surface area contributed by atoms with Gasteiger partial charge in [0, 0.05) is 28.6 Å². The zero-order valence-electron chi connectivity index (χ0n) is 18.0. The smallest absolute Gasteiger partial charge is 0.328 e. The van der Waals surface area contributed by atoms with Crippen molar-refractivity contribution in [2.24, 2.45) is 0 Å². The standard InChI is InChI=1S/C26H26ClNO4S/c27-20-5-1-4-18(13-20)24(29)16-28-21-6-2-3-17-7-8-22(15-19(17)14-21)32-26-12-10-23(33-26)9-11-25(30)31/h1,4-5,7-13,15,21,24,28-29H,2-3,6,14,16H2,(H,30,31)/b11-9+/t21-,24-/m0/s1. The Kier molecular flexibility index (Phi) is 7.83. The van der Waals surface area contributed by atoms with Crippen LogP contribution in [0.2, 0.25) is 5.02 Å². The quantitative estimate of drug-likeness (QED) is 0.276. The second-order valence-corrected chi connectivity index (χ2v) is 9.65. The number of benzene rings is 2. The fourth-order valence-electron chi connectivity index (χ4n) is 4.04. The third-order valence-electron chi connectivity index (χ3n) is 5.69. The van der Waals surface area contributed by atoms with Gasteiger partial charge in [0.05, 0.1) is 6.10 Å². The molecule has 0 unspecified atom stereocenters. The van der Waals surface area contributed by atoms with Gasteiger partial charge in [-0.25, -0.2) is 4.79 Å². The second kappa shape index (κ2) is 11.0. The average molecular weight is 484 g/mol. The predicted octanol–water partition coefficient (Wildman–Crippen LogP) is 5.86. The summed E-state index contributed by atoms with van der Waals surface area (Å²) in [7, 11) is 0. The Hall–Kier alpha value is -2.64. The van der Waals surface area contributed by atoms with Gasteiger partial charge >= 0.3 is 5.97 Å². The minimum atomic E-state index is -0.972. The highest BCUT2D eigenvalue weighted by Gasteiger charge is 2.19. The number of aliphatic carboxylic acids is 1. The molecule has 2 atom stereocenters. The van der Waals surface area contributed by atoms with Crippen molar-refractivity contribution < 1.29 is 19.7 Å². The van der Waals surface area contributed by atoms with E-state index in [9.17, 15) is 9.90 Å². The van der Waals surface area contributed by atoms with Crippen LogP contribution in [-0.4, -0.2) is 28.8 Å². The van der Waals surface area contributed by atoms with E-state index in [1.165, 1.54) is 22.5 Å². The molecule has 3 N–H and O–H groups in total. The topological polar surface area (TPSA) is 78.8 Å². The van der Waals surface area contributed by atoms with E-state index < -0.39 is 12.1 Å². The molecule has 33 heavy (non-hydrogen) atoms. The van der Waals surface area contributed by atoms with Crippen LogP contribution in [0.15, 0.2) is 60.7 Å². The monoisotopic (exact) mass is 483 g/mol. The number of nitrogens with one attached hydrogen (secondary N) is 1. The Labute approximate surface area is 202 Å². The van der Waals surface area contributed by atoms with Gasteiger partial charge in [-0.15, -0.1) is 0 Å². The summed E-state index contributed by atoms with van der Waals surface area (Å²) in [5.74, 6) is -0.205. The van der Waals surface area contributed by atoms with Crippen LogP contribution >= 0.6 is 22.9 Å². The molecule has 1 heterocycles. The van der Waals surface area contributed by atoms with E-state index in [0.29, 0.717) is 16.6 Å². The highest BCUT2D eigenvalue weighted by Crippen LogP contribution is 2.32. The van der Waals surface area contributed by atoms with Gasteiger partial charge in [0.15, 0.2) is 5.06 Å². The van der Waals surface area contributed by atoms with E-state index in [-0.39, 0.29) is 6.04 Å². The fraction of sp³-hybridized carbons (Fsp3) is 0.269. The number of hydrogen-bond donors (Lipinski definition) is 3. The van der Waals surface area contributed by atoms with Crippen LogP contribution in [0, 0.1) is 0 Å². The highest BCUT2D eigenvalue weighted by atomic mass is 35.5. The molecule has 2 aromatic carbocycles. The molecule has 0 aliphatic heterocycles. The zero-order valence-corrected chi connectivity index (χ0v) is 19.6. The third kappa shape index (κ3) is 6.68. The van der Waals surface area contributed by atoms with Gasteiger partial charge in [-0.05, 0) is 84.8 Å². The minimum Gasteiger partial charge on any atom is -0.478 e. The van der Waals surface area contributed by atoms with Gasteiger partial charge in [-0.3, -0.25) is 0 Å². The lowest BCUT2D eigenvalue weighted by Crippen LogP contribution is -2.34. The lowest BCUT2D eigenvalue weighted by atomic mass is 10.0. The normalized spacial score (nSPS) is 16.8. The molecular formula is C26H26ClNO4S. The Bertz CT molecular complexity index is 1140. The summed E-state index contributed by atoms with van der Waals surface area (Å²) >= 11 is 7.45. The molecule has 0 amide bonds. The van der Waals surface area contributed by atoms with Gasteiger partial charge in [-0.2, -0.15) is 0 Å². The number of halogens is 1. The SMILES string of the molecule is O=C(O)/C=C/c1ccc(Oc2ccc3c(c2)C[C@@H](NC[C@H](O)c2cccc(Cl)c2)CCC3)s1. The largest absolute Gasteiger partial charge is 0.478 e. The van der Waals surface area contributed by atoms with Crippen LogP contribution in [0.5, 0.6) is 10.8 Å². The number of carboxylic acid groups (broad SMARTS) is 1. The van der Waals surface area contributed by atoms with Gasteiger partial charge in [0.2, 0.25) is 0 Å². The minimum absolute atomic E-state index is 0.268. The molecule has 0 fully saturated rings. The first-order valence-electron chi connectivity index (χ1n) is 10.9.